The van der Waals surface area contributed by atoms with Gasteiger partial charge in [0.05, 0.1) is 6.26 Å². The topological polar surface area (TPSA) is 38.3 Å². The Balaban J connectivity index is 1.75. The summed E-state index contributed by atoms with van der Waals surface area (Å²) >= 11 is 0. The first kappa shape index (κ1) is 14.5. The van der Waals surface area contributed by atoms with Gasteiger partial charge in [0.1, 0.15) is 17.3 Å². The molecule has 1 aliphatic rings. The van der Waals surface area contributed by atoms with Crippen molar-refractivity contribution in [2.45, 2.75) is 59.0 Å². The van der Waals surface area contributed by atoms with Crippen molar-refractivity contribution in [1.82, 2.24) is 5.32 Å². The van der Waals surface area contributed by atoms with Gasteiger partial charge in [-0.05, 0) is 43.9 Å². The molecule has 1 aliphatic carbocycles. The highest BCUT2D eigenvalue weighted by Crippen LogP contribution is 2.42. The van der Waals surface area contributed by atoms with Crippen molar-refractivity contribution < 1.29 is 8.83 Å². The van der Waals surface area contributed by atoms with Gasteiger partial charge < -0.3 is 14.2 Å². The van der Waals surface area contributed by atoms with Crippen LogP contribution >= 0.6 is 0 Å². The zero-order chi connectivity index (χ0) is 15.0. The van der Waals surface area contributed by atoms with Crippen LogP contribution in [0.2, 0.25) is 0 Å². The Morgan fingerprint density at radius 1 is 1.43 bits per heavy atom. The SMILES string of the molecule is Cc1cc2c(o1)CC(C)(C)CC2NC(C)Cc1ccco1. The normalized spacial score (nSPS) is 22.0. The van der Waals surface area contributed by atoms with E-state index in [0.717, 1.165) is 36.5 Å². The minimum absolute atomic E-state index is 0.277. The van der Waals surface area contributed by atoms with Crippen LogP contribution in [-0.2, 0) is 12.8 Å². The average Bonchev–Trinajstić information content (AvgIpc) is 2.96. The fourth-order valence-electron chi connectivity index (χ4n) is 3.47. The second-order valence-corrected chi connectivity index (χ2v) is 7.18. The van der Waals surface area contributed by atoms with Crippen molar-refractivity contribution in [1.29, 1.82) is 0 Å². The third-order valence-electron chi connectivity index (χ3n) is 4.31. The molecule has 2 unspecified atom stereocenters. The van der Waals surface area contributed by atoms with E-state index in [9.17, 15) is 0 Å². The molecule has 3 heteroatoms. The van der Waals surface area contributed by atoms with Gasteiger partial charge in [0, 0.05) is 30.5 Å². The summed E-state index contributed by atoms with van der Waals surface area (Å²) in [5.41, 5.74) is 1.62. The van der Waals surface area contributed by atoms with E-state index in [2.05, 4.69) is 32.2 Å². The second kappa shape index (κ2) is 5.38. The van der Waals surface area contributed by atoms with E-state index in [4.69, 9.17) is 8.83 Å². The largest absolute Gasteiger partial charge is 0.469 e. The molecule has 0 amide bonds. The molecule has 0 fully saturated rings. The summed E-state index contributed by atoms with van der Waals surface area (Å²) in [4.78, 5) is 0. The van der Waals surface area contributed by atoms with Crippen LogP contribution in [0.5, 0.6) is 0 Å². The molecular formula is C18H25NO2. The summed E-state index contributed by atoms with van der Waals surface area (Å²) in [5, 5.41) is 3.76. The highest BCUT2D eigenvalue weighted by molar-refractivity contribution is 5.29. The van der Waals surface area contributed by atoms with E-state index in [1.54, 1.807) is 6.26 Å². The third kappa shape index (κ3) is 3.24. The van der Waals surface area contributed by atoms with Gasteiger partial charge >= 0.3 is 0 Å². The van der Waals surface area contributed by atoms with Gasteiger partial charge in [0.2, 0.25) is 0 Å². The Kier molecular flexibility index (Phi) is 3.70. The molecule has 3 nitrogen and oxygen atoms in total. The first-order chi connectivity index (χ1) is 9.93. The maximum Gasteiger partial charge on any atom is 0.109 e. The van der Waals surface area contributed by atoms with Gasteiger partial charge in [-0.3, -0.25) is 0 Å². The van der Waals surface area contributed by atoms with Crippen molar-refractivity contribution in [2.75, 3.05) is 0 Å². The lowest BCUT2D eigenvalue weighted by Crippen LogP contribution is -2.38. The molecule has 21 heavy (non-hydrogen) atoms. The summed E-state index contributed by atoms with van der Waals surface area (Å²) in [6.07, 6.45) is 4.82. The maximum atomic E-state index is 5.90. The Hall–Kier alpha value is -1.48. The van der Waals surface area contributed by atoms with Crippen molar-refractivity contribution in [3.05, 3.63) is 47.3 Å². The Morgan fingerprint density at radius 2 is 2.24 bits per heavy atom. The molecule has 2 aromatic rings. The molecule has 0 aliphatic heterocycles. The van der Waals surface area contributed by atoms with Crippen LogP contribution in [0.1, 0.15) is 56.1 Å². The highest BCUT2D eigenvalue weighted by Gasteiger charge is 2.35. The smallest absolute Gasteiger partial charge is 0.109 e. The number of nitrogens with one attached hydrogen (secondary N) is 1. The lowest BCUT2D eigenvalue weighted by Gasteiger charge is -2.36. The van der Waals surface area contributed by atoms with Crippen LogP contribution in [0.15, 0.2) is 33.3 Å². The Bertz CT molecular complexity index is 595. The quantitative estimate of drug-likeness (QED) is 0.905. The molecule has 0 saturated heterocycles. The molecule has 0 bridgehead atoms. The molecule has 0 spiro atoms. The summed E-state index contributed by atoms with van der Waals surface area (Å²) in [7, 11) is 0. The van der Waals surface area contributed by atoms with E-state index in [-0.39, 0.29) is 5.41 Å². The number of aryl methyl sites for hydroxylation is 1. The van der Waals surface area contributed by atoms with E-state index >= 15 is 0 Å². The van der Waals surface area contributed by atoms with Gasteiger partial charge in [0.25, 0.3) is 0 Å². The van der Waals surface area contributed by atoms with Gasteiger partial charge in [-0.25, -0.2) is 0 Å². The molecule has 1 N–H and O–H groups in total. The van der Waals surface area contributed by atoms with Crippen LogP contribution in [0.3, 0.4) is 0 Å². The molecule has 114 valence electrons. The monoisotopic (exact) mass is 287 g/mol. The lowest BCUT2D eigenvalue weighted by molar-refractivity contribution is 0.225. The maximum absolute atomic E-state index is 5.90. The Labute approximate surface area is 126 Å². The minimum Gasteiger partial charge on any atom is -0.469 e. The molecule has 3 rings (SSSR count). The number of hydrogen-bond acceptors (Lipinski definition) is 3. The van der Waals surface area contributed by atoms with E-state index in [0.29, 0.717) is 12.1 Å². The minimum atomic E-state index is 0.277. The first-order valence-electron chi connectivity index (χ1n) is 7.80. The molecule has 0 saturated carbocycles. The summed E-state index contributed by atoms with van der Waals surface area (Å²) in [6.45, 7) is 8.89. The number of furan rings is 2. The van der Waals surface area contributed by atoms with Gasteiger partial charge in [-0.1, -0.05) is 13.8 Å². The lowest BCUT2D eigenvalue weighted by atomic mass is 9.74. The van der Waals surface area contributed by atoms with Crippen molar-refractivity contribution in [3.8, 4) is 0 Å². The van der Waals surface area contributed by atoms with Crippen LogP contribution < -0.4 is 5.32 Å². The molecule has 0 radical (unpaired) electrons. The highest BCUT2D eigenvalue weighted by atomic mass is 16.3. The second-order valence-electron chi connectivity index (χ2n) is 7.18. The zero-order valence-corrected chi connectivity index (χ0v) is 13.4. The summed E-state index contributed by atoms with van der Waals surface area (Å²) < 4.78 is 11.4. The third-order valence-corrected chi connectivity index (χ3v) is 4.31. The van der Waals surface area contributed by atoms with Gasteiger partial charge in [0.15, 0.2) is 0 Å². The number of rotatable bonds is 4. The van der Waals surface area contributed by atoms with Crippen LogP contribution in [0.25, 0.3) is 0 Å². The standard InChI is InChI=1S/C18H25NO2/c1-12(8-14-6-5-7-20-14)19-16-10-18(3,4)11-17-15(16)9-13(2)21-17/h5-7,9,12,16,19H,8,10-11H2,1-4H3. The first-order valence-corrected chi connectivity index (χ1v) is 7.80. The fraction of sp³-hybridized carbons (Fsp3) is 0.556. The molecule has 2 atom stereocenters. The van der Waals surface area contributed by atoms with Crippen molar-refractivity contribution in [2.24, 2.45) is 5.41 Å². The molecule has 0 aromatic carbocycles. The van der Waals surface area contributed by atoms with Crippen molar-refractivity contribution in [3.63, 3.8) is 0 Å². The van der Waals surface area contributed by atoms with Crippen LogP contribution in [-0.4, -0.2) is 6.04 Å². The van der Waals surface area contributed by atoms with Gasteiger partial charge in [-0.15, -0.1) is 0 Å². The van der Waals surface area contributed by atoms with Crippen LogP contribution in [0, 0.1) is 12.3 Å². The molecule has 2 aromatic heterocycles. The molecule has 2 heterocycles. The fourth-order valence-corrected chi connectivity index (χ4v) is 3.47. The average molecular weight is 287 g/mol. The van der Waals surface area contributed by atoms with E-state index in [1.807, 2.05) is 19.1 Å². The van der Waals surface area contributed by atoms with E-state index < -0.39 is 0 Å². The van der Waals surface area contributed by atoms with Crippen LogP contribution in [0.4, 0.5) is 0 Å². The predicted molar refractivity (Wildman–Crippen MR) is 83.3 cm³/mol. The van der Waals surface area contributed by atoms with Gasteiger partial charge in [-0.2, -0.15) is 0 Å². The van der Waals surface area contributed by atoms with Crippen molar-refractivity contribution >= 4 is 0 Å². The number of hydrogen-bond donors (Lipinski definition) is 1. The number of fused-ring (bicyclic) bond motifs is 1. The summed E-state index contributed by atoms with van der Waals surface area (Å²) in [5.74, 6) is 3.21. The summed E-state index contributed by atoms with van der Waals surface area (Å²) in [6, 6.07) is 6.92. The Morgan fingerprint density at radius 3 is 2.95 bits per heavy atom. The predicted octanol–water partition coefficient (Wildman–Crippen LogP) is 4.42. The zero-order valence-electron chi connectivity index (χ0n) is 13.4. The molecular weight excluding hydrogens is 262 g/mol. The van der Waals surface area contributed by atoms with E-state index in [1.165, 1.54) is 5.56 Å².